The number of halogens is 1. The lowest BCUT2D eigenvalue weighted by molar-refractivity contribution is -0.00535. The van der Waals surface area contributed by atoms with E-state index in [0.717, 1.165) is 47.8 Å². The lowest BCUT2D eigenvalue weighted by Crippen LogP contribution is -2.43. The van der Waals surface area contributed by atoms with Gasteiger partial charge in [-0.15, -0.1) is 0 Å². The van der Waals surface area contributed by atoms with E-state index < -0.39 is 0 Å². The fourth-order valence-electron chi connectivity index (χ4n) is 2.19. The highest BCUT2D eigenvalue weighted by Crippen LogP contribution is 2.17. The summed E-state index contributed by atoms with van der Waals surface area (Å²) >= 11 is 3.41. The maximum Gasteiger partial charge on any atom is 0.177 e. The molecule has 0 unspecified atom stereocenters. The molecule has 0 saturated carbocycles. The molecule has 1 fully saturated rings. The number of nitrogens with zero attached hydrogens (tertiary/aromatic N) is 3. The minimum atomic E-state index is 0.437. The van der Waals surface area contributed by atoms with Gasteiger partial charge < -0.3 is 9.72 Å². The molecule has 6 heteroatoms. The van der Waals surface area contributed by atoms with Crippen molar-refractivity contribution in [3.8, 4) is 0 Å². The summed E-state index contributed by atoms with van der Waals surface area (Å²) in [6, 6.07) is 2.44. The molecule has 3 heterocycles. The van der Waals surface area contributed by atoms with Gasteiger partial charge in [0.15, 0.2) is 5.65 Å². The summed E-state index contributed by atoms with van der Waals surface area (Å²) < 4.78 is 6.40. The predicted molar refractivity (Wildman–Crippen MR) is 72.3 cm³/mol. The minimum absolute atomic E-state index is 0.437. The monoisotopic (exact) mass is 310 g/mol. The number of hydrogen-bond acceptors (Lipinski definition) is 4. The number of fused-ring (bicyclic) bond motifs is 1. The van der Waals surface area contributed by atoms with Crippen LogP contribution >= 0.6 is 15.9 Å². The average molecular weight is 311 g/mol. The van der Waals surface area contributed by atoms with Crippen LogP contribution in [0.2, 0.25) is 0 Å². The molecule has 0 radical (unpaired) electrons. The maximum absolute atomic E-state index is 5.43. The molecule has 96 valence electrons. The summed E-state index contributed by atoms with van der Waals surface area (Å²) in [6.07, 6.45) is 1.77. The smallest absolute Gasteiger partial charge is 0.177 e. The van der Waals surface area contributed by atoms with Crippen LogP contribution in [0.5, 0.6) is 0 Å². The standard InChI is InChI=1S/C12H15BrN4O/c1-8-7-18-3-2-17(8)6-11-15-10-4-9(13)5-14-12(10)16-11/h4-5,8H,2-3,6-7H2,1H3,(H,14,15,16)/t8-/m0/s1. The van der Waals surface area contributed by atoms with Crippen molar-refractivity contribution in [2.75, 3.05) is 19.8 Å². The molecule has 0 bridgehead atoms. The summed E-state index contributed by atoms with van der Waals surface area (Å²) in [7, 11) is 0. The number of nitrogens with one attached hydrogen (secondary N) is 1. The summed E-state index contributed by atoms with van der Waals surface area (Å²) in [6.45, 7) is 5.54. The first-order valence-electron chi connectivity index (χ1n) is 6.04. The van der Waals surface area contributed by atoms with Gasteiger partial charge in [-0.25, -0.2) is 9.97 Å². The largest absolute Gasteiger partial charge is 0.379 e. The van der Waals surface area contributed by atoms with Crippen molar-refractivity contribution >= 4 is 27.1 Å². The average Bonchev–Trinajstić information content (AvgIpc) is 2.73. The zero-order chi connectivity index (χ0) is 12.5. The number of imidazole rings is 1. The zero-order valence-corrected chi connectivity index (χ0v) is 11.8. The number of H-pyrrole nitrogens is 1. The minimum Gasteiger partial charge on any atom is -0.379 e. The van der Waals surface area contributed by atoms with E-state index in [1.54, 1.807) is 6.20 Å². The van der Waals surface area contributed by atoms with Crippen molar-refractivity contribution in [3.63, 3.8) is 0 Å². The first-order chi connectivity index (χ1) is 8.72. The first kappa shape index (κ1) is 12.1. The van der Waals surface area contributed by atoms with Crippen molar-refractivity contribution in [3.05, 3.63) is 22.6 Å². The Labute approximate surface area is 114 Å². The van der Waals surface area contributed by atoms with Crippen molar-refractivity contribution in [1.29, 1.82) is 0 Å². The molecule has 3 rings (SSSR count). The topological polar surface area (TPSA) is 54.0 Å². The molecule has 5 nitrogen and oxygen atoms in total. The molecule has 1 aliphatic heterocycles. The van der Waals surface area contributed by atoms with Gasteiger partial charge in [0.05, 0.1) is 25.3 Å². The molecule has 0 aliphatic carbocycles. The van der Waals surface area contributed by atoms with E-state index in [-0.39, 0.29) is 0 Å². The summed E-state index contributed by atoms with van der Waals surface area (Å²) in [5.41, 5.74) is 1.74. The van der Waals surface area contributed by atoms with Gasteiger partial charge in [-0.05, 0) is 28.9 Å². The zero-order valence-electron chi connectivity index (χ0n) is 10.2. The van der Waals surface area contributed by atoms with Gasteiger partial charge >= 0.3 is 0 Å². The quantitative estimate of drug-likeness (QED) is 0.921. The molecule has 2 aromatic rings. The summed E-state index contributed by atoms with van der Waals surface area (Å²) in [5.74, 6) is 0.962. The molecule has 2 aromatic heterocycles. The van der Waals surface area contributed by atoms with Gasteiger partial charge in [0, 0.05) is 23.3 Å². The summed E-state index contributed by atoms with van der Waals surface area (Å²) in [5, 5.41) is 0. The highest BCUT2D eigenvalue weighted by Gasteiger charge is 2.20. The highest BCUT2D eigenvalue weighted by molar-refractivity contribution is 9.10. The van der Waals surface area contributed by atoms with Crippen LogP contribution in [0, 0.1) is 0 Å². The Morgan fingerprint density at radius 3 is 3.33 bits per heavy atom. The molecule has 1 atom stereocenters. The third kappa shape index (κ3) is 2.41. The lowest BCUT2D eigenvalue weighted by atomic mass is 10.2. The Bertz CT molecular complexity index is 556. The van der Waals surface area contributed by atoms with Gasteiger partial charge in [0.25, 0.3) is 0 Å². The number of hydrogen-bond donors (Lipinski definition) is 1. The van der Waals surface area contributed by atoms with Crippen LogP contribution in [-0.2, 0) is 11.3 Å². The van der Waals surface area contributed by atoms with E-state index >= 15 is 0 Å². The fraction of sp³-hybridized carbons (Fsp3) is 0.500. The van der Waals surface area contributed by atoms with Gasteiger partial charge in [-0.1, -0.05) is 0 Å². The second-order valence-corrected chi connectivity index (χ2v) is 5.52. The molecule has 1 saturated heterocycles. The van der Waals surface area contributed by atoms with Crippen molar-refractivity contribution < 1.29 is 4.74 Å². The van der Waals surface area contributed by atoms with Crippen LogP contribution in [0.1, 0.15) is 12.7 Å². The Kier molecular flexibility index (Phi) is 3.32. The van der Waals surface area contributed by atoms with Crippen molar-refractivity contribution in [2.24, 2.45) is 0 Å². The number of pyridine rings is 1. The predicted octanol–water partition coefficient (Wildman–Crippen LogP) is 1.94. The third-order valence-corrected chi connectivity index (χ3v) is 3.64. The van der Waals surface area contributed by atoms with E-state index in [9.17, 15) is 0 Å². The van der Waals surface area contributed by atoms with Crippen LogP contribution in [0.25, 0.3) is 11.2 Å². The number of ether oxygens (including phenoxy) is 1. The van der Waals surface area contributed by atoms with Crippen molar-refractivity contribution in [1.82, 2.24) is 19.9 Å². The van der Waals surface area contributed by atoms with Crippen molar-refractivity contribution in [2.45, 2.75) is 19.5 Å². The fourth-order valence-corrected chi connectivity index (χ4v) is 2.52. The molecular formula is C12H15BrN4O. The maximum atomic E-state index is 5.43. The second kappa shape index (κ2) is 4.95. The Morgan fingerprint density at radius 1 is 1.61 bits per heavy atom. The van der Waals surface area contributed by atoms with E-state index in [4.69, 9.17) is 4.74 Å². The third-order valence-electron chi connectivity index (χ3n) is 3.21. The molecule has 1 aliphatic rings. The van der Waals surface area contributed by atoms with Crippen LogP contribution in [-0.4, -0.2) is 45.7 Å². The molecule has 18 heavy (non-hydrogen) atoms. The van der Waals surface area contributed by atoms with E-state index in [1.165, 1.54) is 0 Å². The molecule has 0 spiro atoms. The SMILES string of the molecule is C[C@H]1COCCN1Cc1nc2ncc(Br)cc2[nH]1. The van der Waals surface area contributed by atoms with Gasteiger partial charge in [0.1, 0.15) is 5.82 Å². The first-order valence-corrected chi connectivity index (χ1v) is 6.83. The van der Waals surface area contributed by atoms with Gasteiger partial charge in [-0.3, -0.25) is 4.90 Å². The van der Waals surface area contributed by atoms with Crippen LogP contribution in [0.15, 0.2) is 16.7 Å². The van der Waals surface area contributed by atoms with Gasteiger partial charge in [-0.2, -0.15) is 0 Å². The number of morpholine rings is 1. The van der Waals surface area contributed by atoms with E-state index in [1.807, 2.05) is 6.07 Å². The van der Waals surface area contributed by atoms with Crippen LogP contribution < -0.4 is 0 Å². The van der Waals surface area contributed by atoms with Gasteiger partial charge in [0.2, 0.25) is 0 Å². The Balaban J connectivity index is 1.81. The number of rotatable bonds is 2. The normalized spacial score (nSPS) is 21.6. The van der Waals surface area contributed by atoms with Crippen LogP contribution in [0.3, 0.4) is 0 Å². The highest BCUT2D eigenvalue weighted by atomic mass is 79.9. The van der Waals surface area contributed by atoms with E-state index in [0.29, 0.717) is 6.04 Å². The summed E-state index contributed by atoms with van der Waals surface area (Å²) in [4.78, 5) is 14.5. The lowest BCUT2D eigenvalue weighted by Gasteiger charge is -2.32. The molecule has 0 amide bonds. The Morgan fingerprint density at radius 2 is 2.50 bits per heavy atom. The number of aromatic amines is 1. The van der Waals surface area contributed by atoms with Crippen LogP contribution in [0.4, 0.5) is 0 Å². The molecule has 1 N–H and O–H groups in total. The molecular weight excluding hydrogens is 296 g/mol. The second-order valence-electron chi connectivity index (χ2n) is 4.60. The molecule has 0 aromatic carbocycles. The number of aromatic nitrogens is 3. The Hall–Kier alpha value is -0.980. The van der Waals surface area contributed by atoms with E-state index in [2.05, 4.69) is 42.7 Å².